The second-order valence-corrected chi connectivity index (χ2v) is 6.03. The molecule has 2 N–H and O–H groups in total. The van der Waals surface area contributed by atoms with Crippen LogP contribution < -0.4 is 10.6 Å². The molecule has 0 unspecified atom stereocenters. The molecule has 0 saturated heterocycles. The van der Waals surface area contributed by atoms with Crippen LogP contribution in [0.1, 0.15) is 10.4 Å². The minimum Gasteiger partial charge on any atom is -0.343 e. The number of rotatable bonds is 5. The Hall–Kier alpha value is -3.00. The van der Waals surface area contributed by atoms with Crippen molar-refractivity contribution in [3.63, 3.8) is 0 Å². The number of pyridine rings is 1. The summed E-state index contributed by atoms with van der Waals surface area (Å²) in [5.74, 6) is 0.0454. The summed E-state index contributed by atoms with van der Waals surface area (Å²) in [4.78, 5) is 32.1. The van der Waals surface area contributed by atoms with Gasteiger partial charge in [-0.15, -0.1) is 0 Å². The normalized spacial score (nSPS) is 10.3. The van der Waals surface area contributed by atoms with Gasteiger partial charge in [0, 0.05) is 22.4 Å². The predicted molar refractivity (Wildman–Crippen MR) is 96.5 cm³/mol. The Labute approximate surface area is 152 Å². The number of aromatic nitrogens is 3. The van der Waals surface area contributed by atoms with Crippen LogP contribution in [-0.2, 0) is 4.79 Å². The highest BCUT2D eigenvalue weighted by Gasteiger charge is 2.09. The molecule has 25 heavy (non-hydrogen) atoms. The largest absolute Gasteiger partial charge is 0.343 e. The Bertz CT molecular complexity index is 878. The van der Waals surface area contributed by atoms with Crippen molar-refractivity contribution < 1.29 is 9.59 Å². The zero-order valence-electron chi connectivity index (χ0n) is 13.0. The highest BCUT2D eigenvalue weighted by atomic mass is 79.9. The van der Waals surface area contributed by atoms with Gasteiger partial charge in [0.15, 0.2) is 0 Å². The van der Waals surface area contributed by atoms with E-state index in [1.165, 1.54) is 0 Å². The van der Waals surface area contributed by atoms with Crippen molar-refractivity contribution >= 4 is 33.4 Å². The SMILES string of the molecule is O=C(CNC(=O)c1cccc(Br)c1)Nc1ccc(-n2ccnc2)nc1. The molecule has 0 aliphatic carbocycles. The average Bonchev–Trinajstić information content (AvgIpc) is 3.15. The van der Waals surface area contributed by atoms with E-state index in [0.717, 1.165) is 4.47 Å². The number of nitrogens with one attached hydrogen (secondary N) is 2. The molecule has 0 aliphatic heterocycles. The third-order valence-electron chi connectivity index (χ3n) is 3.30. The number of nitrogens with zero attached hydrogens (tertiary/aromatic N) is 3. The first-order chi connectivity index (χ1) is 12.1. The molecule has 2 aromatic heterocycles. The number of benzene rings is 1. The van der Waals surface area contributed by atoms with E-state index in [1.807, 2.05) is 6.07 Å². The van der Waals surface area contributed by atoms with Crippen molar-refractivity contribution in [2.24, 2.45) is 0 Å². The second kappa shape index (κ2) is 7.71. The number of carbonyl (C=O) groups excluding carboxylic acids is 2. The monoisotopic (exact) mass is 399 g/mol. The van der Waals surface area contributed by atoms with E-state index >= 15 is 0 Å². The lowest BCUT2D eigenvalue weighted by Crippen LogP contribution is -2.32. The molecule has 1 aromatic carbocycles. The van der Waals surface area contributed by atoms with Gasteiger partial charge in [0.05, 0.1) is 18.4 Å². The first kappa shape index (κ1) is 16.8. The van der Waals surface area contributed by atoms with E-state index in [1.54, 1.807) is 59.8 Å². The summed E-state index contributed by atoms with van der Waals surface area (Å²) in [5.41, 5.74) is 1.03. The van der Waals surface area contributed by atoms with E-state index in [9.17, 15) is 9.59 Å². The highest BCUT2D eigenvalue weighted by molar-refractivity contribution is 9.10. The van der Waals surface area contributed by atoms with Crippen molar-refractivity contribution in [1.82, 2.24) is 19.9 Å². The fourth-order valence-corrected chi connectivity index (χ4v) is 2.50. The molecule has 0 saturated carbocycles. The fourth-order valence-electron chi connectivity index (χ4n) is 2.10. The third kappa shape index (κ3) is 4.51. The van der Waals surface area contributed by atoms with Crippen LogP contribution in [0.25, 0.3) is 5.82 Å². The van der Waals surface area contributed by atoms with Crippen LogP contribution >= 0.6 is 15.9 Å². The van der Waals surface area contributed by atoms with Gasteiger partial charge in [-0.3, -0.25) is 14.2 Å². The molecule has 0 radical (unpaired) electrons. The summed E-state index contributed by atoms with van der Waals surface area (Å²) in [6.07, 6.45) is 6.62. The molecular weight excluding hydrogens is 386 g/mol. The summed E-state index contributed by atoms with van der Waals surface area (Å²) in [5, 5.41) is 5.26. The van der Waals surface area contributed by atoms with Crippen LogP contribution in [0.5, 0.6) is 0 Å². The number of hydrogen-bond acceptors (Lipinski definition) is 4. The van der Waals surface area contributed by atoms with Crippen LogP contribution in [0.4, 0.5) is 5.69 Å². The summed E-state index contributed by atoms with van der Waals surface area (Å²) < 4.78 is 2.55. The van der Waals surface area contributed by atoms with Gasteiger partial charge in [-0.25, -0.2) is 9.97 Å². The lowest BCUT2D eigenvalue weighted by Gasteiger charge is -2.08. The minimum absolute atomic E-state index is 0.130. The van der Waals surface area contributed by atoms with Crippen molar-refractivity contribution in [3.8, 4) is 5.82 Å². The Morgan fingerprint density at radius 2 is 2.08 bits per heavy atom. The highest BCUT2D eigenvalue weighted by Crippen LogP contribution is 2.11. The molecule has 2 amide bonds. The van der Waals surface area contributed by atoms with Crippen LogP contribution in [0.2, 0.25) is 0 Å². The van der Waals surface area contributed by atoms with Crippen LogP contribution in [0.15, 0.2) is 65.8 Å². The molecule has 0 aliphatic rings. The minimum atomic E-state index is -0.333. The summed E-state index contributed by atoms with van der Waals surface area (Å²) in [6.45, 7) is -0.130. The van der Waals surface area contributed by atoms with Gasteiger partial charge in [0.1, 0.15) is 12.1 Å². The Balaban J connectivity index is 1.53. The van der Waals surface area contributed by atoms with E-state index in [4.69, 9.17) is 0 Å². The molecule has 3 rings (SSSR count). The Morgan fingerprint density at radius 3 is 2.76 bits per heavy atom. The lowest BCUT2D eigenvalue weighted by atomic mass is 10.2. The van der Waals surface area contributed by atoms with Gasteiger partial charge in [0.2, 0.25) is 5.91 Å². The molecule has 0 fully saturated rings. The number of carbonyl (C=O) groups is 2. The Kier molecular flexibility index (Phi) is 5.20. The van der Waals surface area contributed by atoms with Crippen molar-refractivity contribution in [1.29, 1.82) is 0 Å². The van der Waals surface area contributed by atoms with Crippen molar-refractivity contribution in [2.45, 2.75) is 0 Å². The van der Waals surface area contributed by atoms with Gasteiger partial charge in [0.25, 0.3) is 5.91 Å². The van der Waals surface area contributed by atoms with E-state index in [2.05, 4.69) is 36.5 Å². The summed E-state index contributed by atoms with van der Waals surface area (Å²) >= 11 is 3.30. The maximum absolute atomic E-state index is 12.0. The summed E-state index contributed by atoms with van der Waals surface area (Å²) in [7, 11) is 0. The molecule has 0 spiro atoms. The molecule has 7 nitrogen and oxygen atoms in total. The number of hydrogen-bond donors (Lipinski definition) is 2. The molecule has 126 valence electrons. The zero-order chi connectivity index (χ0) is 17.6. The third-order valence-corrected chi connectivity index (χ3v) is 3.79. The number of anilines is 1. The standard InChI is InChI=1S/C17H14BrN5O2/c18-13-3-1-2-12(8-13)17(25)21-10-16(24)22-14-4-5-15(20-9-14)23-7-6-19-11-23/h1-9,11H,10H2,(H,21,25)(H,22,24). The van der Waals surface area contributed by atoms with Gasteiger partial charge in [-0.1, -0.05) is 22.0 Å². The zero-order valence-corrected chi connectivity index (χ0v) is 14.6. The van der Waals surface area contributed by atoms with Crippen molar-refractivity contribution in [3.05, 3.63) is 71.4 Å². The molecule has 3 aromatic rings. The smallest absolute Gasteiger partial charge is 0.251 e. The number of imidazole rings is 1. The van der Waals surface area contributed by atoms with E-state index in [-0.39, 0.29) is 18.4 Å². The number of amides is 2. The lowest BCUT2D eigenvalue weighted by molar-refractivity contribution is -0.115. The average molecular weight is 400 g/mol. The van der Waals surface area contributed by atoms with Crippen LogP contribution in [-0.4, -0.2) is 32.9 Å². The van der Waals surface area contributed by atoms with Crippen LogP contribution in [0, 0.1) is 0 Å². The molecule has 2 heterocycles. The van der Waals surface area contributed by atoms with Gasteiger partial charge in [-0.05, 0) is 30.3 Å². The topological polar surface area (TPSA) is 88.9 Å². The summed E-state index contributed by atoms with van der Waals surface area (Å²) in [6, 6.07) is 10.4. The quantitative estimate of drug-likeness (QED) is 0.689. The Morgan fingerprint density at radius 1 is 1.20 bits per heavy atom. The van der Waals surface area contributed by atoms with Gasteiger partial charge >= 0.3 is 0 Å². The number of halogens is 1. The van der Waals surface area contributed by atoms with E-state index < -0.39 is 0 Å². The van der Waals surface area contributed by atoms with E-state index in [0.29, 0.717) is 17.1 Å². The van der Waals surface area contributed by atoms with Gasteiger partial charge in [-0.2, -0.15) is 0 Å². The molecular formula is C17H14BrN5O2. The van der Waals surface area contributed by atoms with Crippen molar-refractivity contribution in [2.75, 3.05) is 11.9 Å². The fraction of sp³-hybridized carbons (Fsp3) is 0.0588. The second-order valence-electron chi connectivity index (χ2n) is 5.12. The first-order valence-corrected chi connectivity index (χ1v) is 8.19. The first-order valence-electron chi connectivity index (χ1n) is 7.40. The molecule has 8 heteroatoms. The van der Waals surface area contributed by atoms with Crippen LogP contribution in [0.3, 0.4) is 0 Å². The molecule has 0 bridgehead atoms. The predicted octanol–water partition coefficient (Wildman–Crippen LogP) is 2.40. The van der Waals surface area contributed by atoms with Gasteiger partial charge < -0.3 is 10.6 Å². The maximum Gasteiger partial charge on any atom is 0.251 e. The molecule has 0 atom stereocenters. The maximum atomic E-state index is 12.0.